The van der Waals surface area contributed by atoms with Crippen molar-refractivity contribution in [2.45, 2.75) is 33.0 Å². The lowest BCUT2D eigenvalue weighted by atomic mass is 10.1. The van der Waals surface area contributed by atoms with Crippen molar-refractivity contribution < 1.29 is 0 Å². The number of hydrogen-bond donors (Lipinski definition) is 1. The maximum atomic E-state index is 4.17. The van der Waals surface area contributed by atoms with Gasteiger partial charge in [0, 0.05) is 29.8 Å². The zero-order chi connectivity index (χ0) is 13.0. The third-order valence-electron chi connectivity index (χ3n) is 3.10. The fourth-order valence-electron chi connectivity index (χ4n) is 1.97. The first-order valence-electron chi connectivity index (χ1n) is 6.19. The summed E-state index contributed by atoms with van der Waals surface area (Å²) in [5.41, 5.74) is 2.50. The molecule has 0 amide bonds. The van der Waals surface area contributed by atoms with Gasteiger partial charge >= 0.3 is 0 Å². The van der Waals surface area contributed by atoms with Gasteiger partial charge in [-0.3, -0.25) is 0 Å². The fourth-order valence-corrected chi connectivity index (χ4v) is 2.60. The van der Waals surface area contributed by atoms with E-state index in [1.807, 2.05) is 18.6 Å². The van der Waals surface area contributed by atoms with Crippen LogP contribution in [0, 0.1) is 0 Å². The Bertz CT molecular complexity index is 507. The van der Waals surface area contributed by atoms with E-state index in [-0.39, 0.29) is 0 Å². The molecule has 1 atom stereocenters. The van der Waals surface area contributed by atoms with Crippen molar-refractivity contribution in [2.24, 2.45) is 0 Å². The summed E-state index contributed by atoms with van der Waals surface area (Å²) in [6, 6.07) is 8.62. The van der Waals surface area contributed by atoms with Crippen molar-refractivity contribution in [1.29, 1.82) is 0 Å². The lowest BCUT2D eigenvalue weighted by Gasteiger charge is -2.16. The Labute approximate surface area is 116 Å². The molecule has 4 heteroatoms. The highest BCUT2D eigenvalue weighted by Crippen LogP contribution is 2.22. The van der Waals surface area contributed by atoms with Crippen LogP contribution < -0.4 is 5.32 Å². The van der Waals surface area contributed by atoms with Gasteiger partial charge in [-0.15, -0.1) is 0 Å². The monoisotopic (exact) mass is 307 g/mol. The van der Waals surface area contributed by atoms with Gasteiger partial charge < -0.3 is 9.88 Å². The summed E-state index contributed by atoms with van der Waals surface area (Å²) < 4.78 is 3.30. The molecule has 0 bridgehead atoms. The highest BCUT2D eigenvalue weighted by Gasteiger charge is 2.09. The maximum Gasteiger partial charge on any atom is 0.0948 e. The lowest BCUT2D eigenvalue weighted by Crippen LogP contribution is -2.20. The van der Waals surface area contributed by atoms with Crippen molar-refractivity contribution in [3.05, 3.63) is 52.5 Å². The van der Waals surface area contributed by atoms with Crippen LogP contribution in [0.1, 0.15) is 31.1 Å². The zero-order valence-corrected chi connectivity index (χ0v) is 12.3. The first-order valence-corrected chi connectivity index (χ1v) is 6.98. The fraction of sp³-hybridized carbons (Fsp3) is 0.357. The molecule has 1 heterocycles. The van der Waals surface area contributed by atoms with E-state index in [1.165, 1.54) is 11.3 Å². The van der Waals surface area contributed by atoms with Gasteiger partial charge in [-0.2, -0.15) is 0 Å². The Balaban J connectivity index is 2.01. The minimum atomic E-state index is 0.306. The molecule has 0 unspecified atom stereocenters. The first-order chi connectivity index (χ1) is 8.72. The topological polar surface area (TPSA) is 29.9 Å². The smallest absolute Gasteiger partial charge is 0.0948 e. The molecule has 1 N–H and O–H groups in total. The van der Waals surface area contributed by atoms with Gasteiger partial charge in [-0.05, 0) is 25.5 Å². The third kappa shape index (κ3) is 3.00. The predicted octanol–water partition coefficient (Wildman–Crippen LogP) is 3.52. The Kier molecular flexibility index (Phi) is 4.55. The van der Waals surface area contributed by atoms with E-state index in [2.05, 4.69) is 62.8 Å². The molecule has 0 aliphatic heterocycles. The van der Waals surface area contributed by atoms with E-state index in [0.717, 1.165) is 17.6 Å². The SMILES string of the molecule is CCn1cncc1CN[C@H](C)c1ccccc1Br. The highest BCUT2D eigenvalue weighted by atomic mass is 79.9. The summed E-state index contributed by atoms with van der Waals surface area (Å²) >= 11 is 3.59. The van der Waals surface area contributed by atoms with Crippen molar-refractivity contribution in [3.8, 4) is 0 Å². The van der Waals surface area contributed by atoms with Crippen LogP contribution in [-0.4, -0.2) is 9.55 Å². The molecule has 1 aromatic heterocycles. The van der Waals surface area contributed by atoms with Gasteiger partial charge in [-0.25, -0.2) is 4.98 Å². The molecule has 0 saturated heterocycles. The lowest BCUT2D eigenvalue weighted by molar-refractivity contribution is 0.548. The Hall–Kier alpha value is -1.13. The standard InChI is InChI=1S/C14H18BrN3/c1-3-18-10-16-8-12(18)9-17-11(2)13-6-4-5-7-14(13)15/h4-8,10-11,17H,3,9H2,1-2H3/t11-/m1/s1. The summed E-state index contributed by atoms with van der Waals surface area (Å²) in [4.78, 5) is 4.17. The van der Waals surface area contributed by atoms with E-state index < -0.39 is 0 Å². The maximum absolute atomic E-state index is 4.17. The zero-order valence-electron chi connectivity index (χ0n) is 10.7. The number of rotatable bonds is 5. The van der Waals surface area contributed by atoms with E-state index in [0.29, 0.717) is 6.04 Å². The number of benzene rings is 1. The van der Waals surface area contributed by atoms with Gasteiger partial charge in [0.15, 0.2) is 0 Å². The molecule has 0 aliphatic carbocycles. The minimum absolute atomic E-state index is 0.306. The van der Waals surface area contributed by atoms with Gasteiger partial charge in [0.25, 0.3) is 0 Å². The summed E-state index contributed by atoms with van der Waals surface area (Å²) in [5, 5.41) is 3.53. The predicted molar refractivity (Wildman–Crippen MR) is 77.3 cm³/mol. The van der Waals surface area contributed by atoms with Crippen LogP contribution in [0.4, 0.5) is 0 Å². The highest BCUT2D eigenvalue weighted by molar-refractivity contribution is 9.10. The summed E-state index contributed by atoms with van der Waals surface area (Å²) in [7, 11) is 0. The second-order valence-corrected chi connectivity index (χ2v) is 5.15. The number of aromatic nitrogens is 2. The normalized spacial score (nSPS) is 12.6. The molecule has 0 spiro atoms. The van der Waals surface area contributed by atoms with Crippen LogP contribution >= 0.6 is 15.9 Å². The van der Waals surface area contributed by atoms with Crippen molar-refractivity contribution >= 4 is 15.9 Å². The van der Waals surface area contributed by atoms with Crippen LogP contribution in [0.5, 0.6) is 0 Å². The molecular weight excluding hydrogens is 290 g/mol. The Morgan fingerprint density at radius 2 is 2.17 bits per heavy atom. The van der Waals surface area contributed by atoms with Crippen LogP contribution in [0.2, 0.25) is 0 Å². The molecule has 18 heavy (non-hydrogen) atoms. The molecule has 2 aromatic rings. The third-order valence-corrected chi connectivity index (χ3v) is 3.82. The molecular formula is C14H18BrN3. The number of aryl methyl sites for hydroxylation is 1. The van der Waals surface area contributed by atoms with Crippen LogP contribution in [0.15, 0.2) is 41.3 Å². The van der Waals surface area contributed by atoms with E-state index in [1.54, 1.807) is 0 Å². The summed E-state index contributed by atoms with van der Waals surface area (Å²) in [5.74, 6) is 0. The van der Waals surface area contributed by atoms with E-state index in [4.69, 9.17) is 0 Å². The minimum Gasteiger partial charge on any atom is -0.334 e. The molecule has 1 aromatic carbocycles. The van der Waals surface area contributed by atoms with Gasteiger partial charge in [-0.1, -0.05) is 34.1 Å². The molecule has 96 valence electrons. The molecule has 0 saturated carbocycles. The number of hydrogen-bond acceptors (Lipinski definition) is 2. The summed E-state index contributed by atoms with van der Waals surface area (Å²) in [6.45, 7) is 6.09. The van der Waals surface area contributed by atoms with Crippen molar-refractivity contribution in [2.75, 3.05) is 0 Å². The molecule has 3 nitrogen and oxygen atoms in total. The molecule has 0 fully saturated rings. The van der Waals surface area contributed by atoms with Gasteiger partial charge in [0.05, 0.1) is 12.0 Å². The average molecular weight is 308 g/mol. The Morgan fingerprint density at radius 3 is 2.89 bits per heavy atom. The number of imidazole rings is 1. The quantitative estimate of drug-likeness (QED) is 0.916. The Morgan fingerprint density at radius 1 is 1.39 bits per heavy atom. The number of nitrogens with one attached hydrogen (secondary N) is 1. The van der Waals surface area contributed by atoms with Crippen LogP contribution in [0.3, 0.4) is 0 Å². The second kappa shape index (κ2) is 6.16. The van der Waals surface area contributed by atoms with Gasteiger partial charge in [0.1, 0.15) is 0 Å². The van der Waals surface area contributed by atoms with E-state index in [9.17, 15) is 0 Å². The van der Waals surface area contributed by atoms with E-state index >= 15 is 0 Å². The van der Waals surface area contributed by atoms with Crippen molar-refractivity contribution in [1.82, 2.24) is 14.9 Å². The summed E-state index contributed by atoms with van der Waals surface area (Å²) in [6.07, 6.45) is 3.80. The molecule has 0 radical (unpaired) electrons. The number of nitrogens with zero attached hydrogens (tertiary/aromatic N) is 2. The number of halogens is 1. The molecule has 2 rings (SSSR count). The first kappa shape index (κ1) is 13.3. The van der Waals surface area contributed by atoms with Crippen LogP contribution in [0.25, 0.3) is 0 Å². The van der Waals surface area contributed by atoms with Crippen LogP contribution in [-0.2, 0) is 13.1 Å². The average Bonchev–Trinajstić information content (AvgIpc) is 2.84. The van der Waals surface area contributed by atoms with Crippen molar-refractivity contribution in [3.63, 3.8) is 0 Å². The largest absolute Gasteiger partial charge is 0.334 e. The molecule has 0 aliphatic rings. The second-order valence-electron chi connectivity index (χ2n) is 4.30. The van der Waals surface area contributed by atoms with Gasteiger partial charge in [0.2, 0.25) is 0 Å².